The van der Waals surface area contributed by atoms with Crippen LogP contribution in [-0.4, -0.2) is 0 Å². The number of benzene rings is 1. The molecule has 0 fully saturated rings. The SMILES string of the molecule is C=C1/C=C\C(Br)=C/CCc2cc(Br)ccc21. The summed E-state index contributed by atoms with van der Waals surface area (Å²) in [6.45, 7) is 4.11. The van der Waals surface area contributed by atoms with E-state index in [0.717, 1.165) is 27.4 Å². The Morgan fingerprint density at radius 1 is 1.12 bits per heavy atom. The molecule has 0 bridgehead atoms. The van der Waals surface area contributed by atoms with Crippen molar-refractivity contribution in [3.8, 4) is 0 Å². The van der Waals surface area contributed by atoms with Crippen molar-refractivity contribution in [2.45, 2.75) is 12.8 Å². The molecule has 16 heavy (non-hydrogen) atoms. The summed E-state index contributed by atoms with van der Waals surface area (Å²) >= 11 is 7.03. The van der Waals surface area contributed by atoms with E-state index < -0.39 is 0 Å². The first-order valence-electron chi connectivity index (χ1n) is 5.18. The maximum atomic E-state index is 4.11. The molecule has 2 heteroatoms. The van der Waals surface area contributed by atoms with Gasteiger partial charge in [-0.25, -0.2) is 0 Å². The van der Waals surface area contributed by atoms with Crippen LogP contribution >= 0.6 is 31.9 Å². The first kappa shape index (κ1) is 11.9. The number of rotatable bonds is 0. The summed E-state index contributed by atoms with van der Waals surface area (Å²) < 4.78 is 2.26. The van der Waals surface area contributed by atoms with Gasteiger partial charge >= 0.3 is 0 Å². The van der Waals surface area contributed by atoms with Gasteiger partial charge in [-0.2, -0.15) is 0 Å². The molecule has 0 N–H and O–H groups in total. The predicted molar refractivity (Wildman–Crippen MR) is 77.6 cm³/mol. The van der Waals surface area contributed by atoms with Gasteiger partial charge in [-0.1, -0.05) is 56.7 Å². The molecule has 82 valence electrons. The quantitative estimate of drug-likeness (QED) is 0.606. The molecule has 1 aliphatic rings. The molecular weight excluding hydrogens is 328 g/mol. The van der Waals surface area contributed by atoms with Crippen LogP contribution in [0, 0.1) is 0 Å². The van der Waals surface area contributed by atoms with Crippen LogP contribution in [0.3, 0.4) is 0 Å². The molecule has 0 heterocycles. The standard InChI is InChI=1S/C14H12Br2/c1-10-5-6-12(15)4-2-3-11-9-13(16)7-8-14(10)11/h4-9H,1-3H2/b6-5-,12-4+. The summed E-state index contributed by atoms with van der Waals surface area (Å²) in [5.74, 6) is 0. The maximum Gasteiger partial charge on any atom is 0.0178 e. The van der Waals surface area contributed by atoms with Crippen molar-refractivity contribution in [2.24, 2.45) is 0 Å². The smallest absolute Gasteiger partial charge is 0.0178 e. The van der Waals surface area contributed by atoms with Gasteiger partial charge in [0.1, 0.15) is 0 Å². The number of halogens is 2. The summed E-state index contributed by atoms with van der Waals surface area (Å²) in [6, 6.07) is 6.38. The summed E-state index contributed by atoms with van der Waals surface area (Å²) in [4.78, 5) is 0. The number of allylic oxidation sites excluding steroid dienone is 5. The van der Waals surface area contributed by atoms with Gasteiger partial charge in [0.05, 0.1) is 0 Å². The Kier molecular flexibility index (Phi) is 3.82. The molecule has 1 aliphatic carbocycles. The van der Waals surface area contributed by atoms with E-state index in [2.05, 4.69) is 74.9 Å². The third-order valence-corrected chi connectivity index (χ3v) is 3.69. The van der Waals surface area contributed by atoms with Crippen molar-refractivity contribution in [3.05, 3.63) is 63.1 Å². The third kappa shape index (κ3) is 2.74. The van der Waals surface area contributed by atoms with E-state index >= 15 is 0 Å². The predicted octanol–water partition coefficient (Wildman–Crippen LogP) is 5.24. The highest BCUT2D eigenvalue weighted by Gasteiger charge is 2.06. The number of hydrogen-bond acceptors (Lipinski definition) is 0. The van der Waals surface area contributed by atoms with Crippen LogP contribution in [0.4, 0.5) is 0 Å². The number of fused-ring (bicyclic) bond motifs is 1. The Balaban J connectivity index is 2.47. The van der Waals surface area contributed by atoms with E-state index in [1.165, 1.54) is 11.1 Å². The molecule has 0 spiro atoms. The zero-order chi connectivity index (χ0) is 11.5. The molecule has 1 aromatic rings. The summed E-state index contributed by atoms with van der Waals surface area (Å²) in [6.07, 6.45) is 8.39. The molecule has 0 atom stereocenters. The molecular formula is C14H12Br2. The van der Waals surface area contributed by atoms with E-state index in [-0.39, 0.29) is 0 Å². The molecule has 0 amide bonds. The molecule has 0 unspecified atom stereocenters. The monoisotopic (exact) mass is 338 g/mol. The largest absolute Gasteiger partial charge is 0.0911 e. The van der Waals surface area contributed by atoms with Gasteiger partial charge in [-0.05, 0) is 47.8 Å². The second-order valence-corrected chi connectivity index (χ2v) is 5.62. The minimum atomic E-state index is 1.04. The van der Waals surface area contributed by atoms with Crippen molar-refractivity contribution < 1.29 is 0 Å². The lowest BCUT2D eigenvalue weighted by Gasteiger charge is -2.08. The Labute approximate surface area is 113 Å². The van der Waals surface area contributed by atoms with Crippen molar-refractivity contribution >= 4 is 37.4 Å². The molecule has 0 saturated heterocycles. The van der Waals surface area contributed by atoms with E-state index in [1.807, 2.05) is 0 Å². The van der Waals surface area contributed by atoms with Gasteiger partial charge in [0.15, 0.2) is 0 Å². The first-order chi connectivity index (χ1) is 7.66. The molecule has 0 aliphatic heterocycles. The van der Waals surface area contributed by atoms with Crippen molar-refractivity contribution in [2.75, 3.05) is 0 Å². The fraction of sp³-hybridized carbons (Fsp3) is 0.143. The Bertz CT molecular complexity index is 482. The summed E-state index contributed by atoms with van der Waals surface area (Å²) in [5.41, 5.74) is 3.66. The average Bonchev–Trinajstić information content (AvgIpc) is 2.31. The lowest BCUT2D eigenvalue weighted by molar-refractivity contribution is 0.995. The summed E-state index contributed by atoms with van der Waals surface area (Å²) in [7, 11) is 0. The fourth-order valence-electron chi connectivity index (χ4n) is 1.79. The van der Waals surface area contributed by atoms with Gasteiger partial charge in [-0.3, -0.25) is 0 Å². The molecule has 1 aromatic carbocycles. The zero-order valence-electron chi connectivity index (χ0n) is 8.84. The minimum absolute atomic E-state index is 1.04. The van der Waals surface area contributed by atoms with Gasteiger partial charge in [-0.15, -0.1) is 0 Å². The average molecular weight is 340 g/mol. The van der Waals surface area contributed by atoms with Crippen molar-refractivity contribution in [1.29, 1.82) is 0 Å². The van der Waals surface area contributed by atoms with Crippen LogP contribution in [0.5, 0.6) is 0 Å². The van der Waals surface area contributed by atoms with Crippen LogP contribution < -0.4 is 0 Å². The minimum Gasteiger partial charge on any atom is -0.0911 e. The van der Waals surface area contributed by atoms with Crippen LogP contribution in [0.25, 0.3) is 5.57 Å². The molecule has 0 nitrogen and oxygen atoms in total. The molecule has 0 aromatic heterocycles. The summed E-state index contributed by atoms with van der Waals surface area (Å²) in [5, 5.41) is 0. The third-order valence-electron chi connectivity index (χ3n) is 2.61. The molecule has 0 saturated carbocycles. The topological polar surface area (TPSA) is 0 Å². The molecule has 2 rings (SSSR count). The Morgan fingerprint density at radius 3 is 2.75 bits per heavy atom. The highest BCUT2D eigenvalue weighted by atomic mass is 79.9. The highest BCUT2D eigenvalue weighted by Crippen LogP contribution is 2.26. The van der Waals surface area contributed by atoms with E-state index in [9.17, 15) is 0 Å². The highest BCUT2D eigenvalue weighted by molar-refractivity contribution is 9.12. The van der Waals surface area contributed by atoms with Crippen molar-refractivity contribution in [3.63, 3.8) is 0 Å². The van der Waals surface area contributed by atoms with Crippen LogP contribution in [0.15, 0.2) is 52.0 Å². The first-order valence-corrected chi connectivity index (χ1v) is 6.77. The van der Waals surface area contributed by atoms with Crippen LogP contribution in [0.2, 0.25) is 0 Å². The van der Waals surface area contributed by atoms with Crippen LogP contribution in [-0.2, 0) is 6.42 Å². The van der Waals surface area contributed by atoms with E-state index in [1.54, 1.807) is 0 Å². The lowest BCUT2D eigenvalue weighted by atomic mass is 9.98. The fourth-order valence-corrected chi connectivity index (χ4v) is 2.56. The van der Waals surface area contributed by atoms with Gasteiger partial charge < -0.3 is 0 Å². The van der Waals surface area contributed by atoms with E-state index in [4.69, 9.17) is 0 Å². The number of hydrogen-bond donors (Lipinski definition) is 0. The van der Waals surface area contributed by atoms with E-state index in [0.29, 0.717) is 0 Å². The second kappa shape index (κ2) is 5.15. The Hall–Kier alpha value is -0.600. The number of aryl methyl sites for hydroxylation is 1. The van der Waals surface area contributed by atoms with Gasteiger partial charge in [0.2, 0.25) is 0 Å². The van der Waals surface area contributed by atoms with Crippen molar-refractivity contribution in [1.82, 2.24) is 0 Å². The zero-order valence-corrected chi connectivity index (χ0v) is 12.0. The second-order valence-electron chi connectivity index (χ2n) is 3.79. The van der Waals surface area contributed by atoms with Gasteiger partial charge in [0, 0.05) is 8.96 Å². The molecule has 0 radical (unpaired) electrons. The lowest BCUT2D eigenvalue weighted by Crippen LogP contribution is -1.91. The van der Waals surface area contributed by atoms with Crippen LogP contribution in [0.1, 0.15) is 17.5 Å². The normalized spacial score (nSPS) is 21.1. The van der Waals surface area contributed by atoms with Gasteiger partial charge in [0.25, 0.3) is 0 Å². The maximum absolute atomic E-state index is 4.11. The Morgan fingerprint density at radius 2 is 1.94 bits per heavy atom.